The molecule has 0 aromatic heterocycles. The Balaban J connectivity index is 2.32. The van der Waals surface area contributed by atoms with E-state index in [2.05, 4.69) is 5.48 Å². The first-order chi connectivity index (χ1) is 10.6. The standard InChI is InChI=1S/C17H19N3O2/c1-19(2)20-16(21)14-11-7-8-12-15(14)17(20,18-22-3)13-9-5-4-6-10-13/h4-12,18H,1-3H3. The van der Waals surface area contributed by atoms with Crippen molar-refractivity contribution in [1.29, 1.82) is 0 Å². The molecule has 0 fully saturated rings. The lowest BCUT2D eigenvalue weighted by molar-refractivity contribution is -0.105. The molecule has 22 heavy (non-hydrogen) atoms. The molecule has 1 atom stereocenters. The molecule has 0 saturated heterocycles. The molecule has 1 aliphatic heterocycles. The molecule has 1 heterocycles. The Hall–Kier alpha value is -2.21. The summed E-state index contributed by atoms with van der Waals surface area (Å²) in [4.78, 5) is 18.2. The van der Waals surface area contributed by atoms with Gasteiger partial charge in [-0.3, -0.25) is 4.79 Å². The lowest BCUT2D eigenvalue weighted by Crippen LogP contribution is -2.59. The lowest BCUT2D eigenvalue weighted by Gasteiger charge is -2.42. The van der Waals surface area contributed by atoms with Gasteiger partial charge in [-0.15, -0.1) is 0 Å². The minimum absolute atomic E-state index is 0.0611. The lowest BCUT2D eigenvalue weighted by atomic mass is 9.92. The maximum absolute atomic E-state index is 12.9. The second kappa shape index (κ2) is 5.53. The van der Waals surface area contributed by atoms with E-state index < -0.39 is 5.66 Å². The van der Waals surface area contributed by atoms with Crippen molar-refractivity contribution in [3.8, 4) is 0 Å². The number of benzene rings is 2. The van der Waals surface area contributed by atoms with Crippen LogP contribution in [-0.4, -0.2) is 37.1 Å². The molecule has 114 valence electrons. The minimum atomic E-state index is -0.882. The van der Waals surface area contributed by atoms with Gasteiger partial charge in [0.15, 0.2) is 5.66 Å². The van der Waals surface area contributed by atoms with Crippen molar-refractivity contribution in [2.24, 2.45) is 0 Å². The normalized spacial score (nSPS) is 20.5. The zero-order valence-corrected chi connectivity index (χ0v) is 12.9. The van der Waals surface area contributed by atoms with Gasteiger partial charge in [0.05, 0.1) is 7.11 Å². The smallest absolute Gasteiger partial charge is 0.270 e. The molecule has 0 saturated carbocycles. The molecule has 2 aromatic rings. The fourth-order valence-corrected chi connectivity index (χ4v) is 3.11. The zero-order valence-electron chi connectivity index (χ0n) is 12.9. The molecule has 0 radical (unpaired) electrons. The molecule has 5 heteroatoms. The SMILES string of the molecule is CONC1(c2ccccc2)c2ccccc2C(=O)N1N(C)C. The summed E-state index contributed by atoms with van der Waals surface area (Å²) in [6.07, 6.45) is 0. The largest absolute Gasteiger partial charge is 0.302 e. The summed E-state index contributed by atoms with van der Waals surface area (Å²) in [5.41, 5.74) is 4.66. The van der Waals surface area contributed by atoms with Gasteiger partial charge in [0.25, 0.3) is 5.91 Å². The first-order valence-corrected chi connectivity index (χ1v) is 7.10. The van der Waals surface area contributed by atoms with Crippen LogP contribution in [0.2, 0.25) is 0 Å². The van der Waals surface area contributed by atoms with Gasteiger partial charge >= 0.3 is 0 Å². The quantitative estimate of drug-likeness (QED) is 0.876. The summed E-state index contributed by atoms with van der Waals surface area (Å²) in [5.74, 6) is -0.0611. The fourth-order valence-electron chi connectivity index (χ4n) is 3.11. The van der Waals surface area contributed by atoms with E-state index in [9.17, 15) is 4.79 Å². The van der Waals surface area contributed by atoms with E-state index in [0.717, 1.165) is 11.1 Å². The van der Waals surface area contributed by atoms with E-state index in [1.54, 1.807) is 17.1 Å². The average Bonchev–Trinajstić information content (AvgIpc) is 2.79. The summed E-state index contributed by atoms with van der Waals surface area (Å²) in [5, 5.41) is 3.46. The monoisotopic (exact) mass is 297 g/mol. The third kappa shape index (κ3) is 1.94. The highest BCUT2D eigenvalue weighted by atomic mass is 16.6. The molecule has 0 spiro atoms. The summed E-state index contributed by atoms with van der Waals surface area (Å²) >= 11 is 0. The molecule has 1 N–H and O–H groups in total. The predicted molar refractivity (Wildman–Crippen MR) is 83.7 cm³/mol. The van der Waals surface area contributed by atoms with Crippen LogP contribution in [0.15, 0.2) is 54.6 Å². The number of nitrogens with one attached hydrogen (secondary N) is 1. The van der Waals surface area contributed by atoms with Crippen LogP contribution in [-0.2, 0) is 10.5 Å². The molecule has 1 unspecified atom stereocenters. The summed E-state index contributed by atoms with van der Waals surface area (Å²) in [7, 11) is 5.25. The number of carbonyl (C=O) groups excluding carboxylic acids is 1. The van der Waals surface area contributed by atoms with Crippen molar-refractivity contribution in [2.45, 2.75) is 5.66 Å². The number of nitrogens with zero attached hydrogens (tertiary/aromatic N) is 2. The third-order valence-corrected chi connectivity index (χ3v) is 3.90. The molecule has 3 rings (SSSR count). The fraction of sp³-hybridized carbons (Fsp3) is 0.235. The van der Waals surface area contributed by atoms with Crippen molar-refractivity contribution in [3.05, 3.63) is 71.3 Å². The molecular formula is C17H19N3O2. The number of amides is 1. The Kier molecular flexibility index (Phi) is 3.70. The van der Waals surface area contributed by atoms with Crippen LogP contribution in [0.25, 0.3) is 0 Å². The summed E-state index contributed by atoms with van der Waals surface area (Å²) in [6, 6.07) is 17.4. The Morgan fingerprint density at radius 3 is 2.32 bits per heavy atom. The van der Waals surface area contributed by atoms with Crippen LogP contribution < -0.4 is 5.48 Å². The molecular weight excluding hydrogens is 278 g/mol. The van der Waals surface area contributed by atoms with E-state index in [-0.39, 0.29) is 5.91 Å². The van der Waals surface area contributed by atoms with Crippen molar-refractivity contribution >= 4 is 5.91 Å². The number of rotatable bonds is 4. The second-order valence-electron chi connectivity index (χ2n) is 5.39. The van der Waals surface area contributed by atoms with Gasteiger partial charge in [-0.2, -0.15) is 5.48 Å². The van der Waals surface area contributed by atoms with Crippen molar-refractivity contribution < 1.29 is 9.63 Å². The number of fused-ring (bicyclic) bond motifs is 1. The highest BCUT2D eigenvalue weighted by Crippen LogP contribution is 2.42. The number of hydroxylamine groups is 1. The van der Waals surface area contributed by atoms with Gasteiger partial charge in [-0.1, -0.05) is 48.5 Å². The average molecular weight is 297 g/mol. The van der Waals surface area contributed by atoms with Crippen LogP contribution in [0, 0.1) is 0 Å². The Labute approximate surface area is 130 Å². The molecule has 0 bridgehead atoms. The summed E-state index contributed by atoms with van der Waals surface area (Å²) in [6.45, 7) is 0. The third-order valence-electron chi connectivity index (χ3n) is 3.90. The molecule has 0 aliphatic carbocycles. The van der Waals surface area contributed by atoms with Gasteiger partial charge < -0.3 is 4.84 Å². The van der Waals surface area contributed by atoms with Gasteiger partial charge in [0.1, 0.15) is 0 Å². The zero-order chi connectivity index (χ0) is 15.7. The van der Waals surface area contributed by atoms with Crippen LogP contribution in [0.5, 0.6) is 0 Å². The Bertz CT molecular complexity index is 687. The van der Waals surface area contributed by atoms with E-state index in [0.29, 0.717) is 5.56 Å². The van der Waals surface area contributed by atoms with Crippen molar-refractivity contribution in [1.82, 2.24) is 15.5 Å². The molecule has 5 nitrogen and oxygen atoms in total. The van der Waals surface area contributed by atoms with Crippen LogP contribution in [0.1, 0.15) is 21.5 Å². The number of hydrogen-bond acceptors (Lipinski definition) is 4. The molecule has 1 aliphatic rings. The van der Waals surface area contributed by atoms with Crippen molar-refractivity contribution in [3.63, 3.8) is 0 Å². The number of hydrogen-bond donors (Lipinski definition) is 1. The maximum Gasteiger partial charge on any atom is 0.270 e. The van der Waals surface area contributed by atoms with Crippen LogP contribution >= 0.6 is 0 Å². The first-order valence-electron chi connectivity index (χ1n) is 7.10. The Morgan fingerprint density at radius 2 is 1.68 bits per heavy atom. The molecule has 1 amide bonds. The van der Waals surface area contributed by atoms with Gasteiger partial charge in [0.2, 0.25) is 0 Å². The van der Waals surface area contributed by atoms with E-state index in [1.165, 1.54) is 0 Å². The maximum atomic E-state index is 12.9. The van der Waals surface area contributed by atoms with Gasteiger partial charge in [0, 0.05) is 30.8 Å². The number of hydrazine groups is 1. The highest BCUT2D eigenvalue weighted by molar-refractivity contribution is 6.00. The predicted octanol–water partition coefficient (Wildman–Crippen LogP) is 1.97. The van der Waals surface area contributed by atoms with E-state index >= 15 is 0 Å². The molecule has 2 aromatic carbocycles. The summed E-state index contributed by atoms with van der Waals surface area (Å²) < 4.78 is 0. The minimum Gasteiger partial charge on any atom is -0.302 e. The van der Waals surface area contributed by atoms with Crippen LogP contribution in [0.3, 0.4) is 0 Å². The van der Waals surface area contributed by atoms with Gasteiger partial charge in [-0.05, 0) is 6.07 Å². The van der Waals surface area contributed by atoms with Crippen LogP contribution in [0.4, 0.5) is 0 Å². The highest BCUT2D eigenvalue weighted by Gasteiger charge is 2.52. The van der Waals surface area contributed by atoms with Gasteiger partial charge in [-0.25, -0.2) is 10.0 Å². The number of carbonyl (C=O) groups is 1. The van der Waals surface area contributed by atoms with Crippen molar-refractivity contribution in [2.75, 3.05) is 21.2 Å². The topological polar surface area (TPSA) is 44.8 Å². The van der Waals surface area contributed by atoms with E-state index in [4.69, 9.17) is 4.84 Å². The van der Waals surface area contributed by atoms with E-state index in [1.807, 2.05) is 68.7 Å². The Morgan fingerprint density at radius 1 is 1.05 bits per heavy atom. The second-order valence-corrected chi connectivity index (χ2v) is 5.39. The first kappa shape index (κ1) is 14.7.